The number of hydrogen-bond donors (Lipinski definition) is 1. The molecule has 0 saturated heterocycles. The molecule has 0 bridgehead atoms. The molecule has 0 spiro atoms. The zero-order valence-corrected chi connectivity index (χ0v) is 20.2. The molecule has 0 aromatic carbocycles. The molecule has 0 aliphatic heterocycles. The number of ether oxygens (including phenoxy) is 1. The van der Waals surface area contributed by atoms with Gasteiger partial charge >= 0.3 is 5.97 Å². The van der Waals surface area contributed by atoms with Gasteiger partial charge in [0.05, 0.1) is 13.0 Å². The fraction of sp³-hybridized carbons (Fsp3) is 0.846. The van der Waals surface area contributed by atoms with Gasteiger partial charge in [0.15, 0.2) is 0 Å². The first-order chi connectivity index (χ1) is 14.6. The van der Waals surface area contributed by atoms with Gasteiger partial charge in [-0.15, -0.1) is 0 Å². The summed E-state index contributed by atoms with van der Waals surface area (Å²) in [5.74, 6) is -0.380. The Morgan fingerprint density at radius 2 is 1.13 bits per heavy atom. The SMILES string of the molecule is CCCCCCCCCCCCCCCCCCOC(=O)CCNC(=O)C=C(C)C. The van der Waals surface area contributed by atoms with Gasteiger partial charge in [-0.25, -0.2) is 0 Å². The van der Waals surface area contributed by atoms with Crippen molar-refractivity contribution < 1.29 is 14.3 Å². The smallest absolute Gasteiger partial charge is 0.307 e. The van der Waals surface area contributed by atoms with Crippen LogP contribution in [0.15, 0.2) is 11.6 Å². The lowest BCUT2D eigenvalue weighted by Gasteiger charge is -2.06. The maximum atomic E-state index is 11.6. The number of nitrogens with one attached hydrogen (secondary N) is 1. The van der Waals surface area contributed by atoms with Crippen molar-refractivity contribution in [2.45, 2.75) is 130 Å². The lowest BCUT2D eigenvalue weighted by molar-refractivity contribution is -0.143. The Balaban J connectivity index is 3.23. The zero-order valence-electron chi connectivity index (χ0n) is 20.2. The first-order valence-corrected chi connectivity index (χ1v) is 12.6. The van der Waals surface area contributed by atoms with Crippen LogP contribution in [0, 0.1) is 0 Å². The Hall–Kier alpha value is -1.32. The lowest BCUT2D eigenvalue weighted by Crippen LogP contribution is -2.25. The van der Waals surface area contributed by atoms with Crippen molar-refractivity contribution >= 4 is 11.9 Å². The molecule has 1 N–H and O–H groups in total. The van der Waals surface area contributed by atoms with Crippen LogP contribution < -0.4 is 5.32 Å². The summed E-state index contributed by atoms with van der Waals surface area (Å²) in [6, 6.07) is 0. The van der Waals surface area contributed by atoms with Crippen LogP contribution in [-0.4, -0.2) is 25.0 Å². The fourth-order valence-electron chi connectivity index (χ4n) is 3.51. The van der Waals surface area contributed by atoms with E-state index in [1.54, 1.807) is 0 Å². The minimum Gasteiger partial charge on any atom is -0.466 e. The Bertz CT molecular complexity index is 442. The summed E-state index contributed by atoms with van der Waals surface area (Å²) in [6.07, 6.45) is 23.2. The van der Waals surface area contributed by atoms with Crippen molar-refractivity contribution in [3.63, 3.8) is 0 Å². The van der Waals surface area contributed by atoms with E-state index in [9.17, 15) is 9.59 Å². The molecule has 1 amide bonds. The van der Waals surface area contributed by atoms with E-state index < -0.39 is 0 Å². The summed E-state index contributed by atoms with van der Waals surface area (Å²) >= 11 is 0. The molecule has 0 aliphatic rings. The van der Waals surface area contributed by atoms with Crippen LogP contribution >= 0.6 is 0 Å². The molecule has 4 nitrogen and oxygen atoms in total. The number of hydrogen-bond acceptors (Lipinski definition) is 3. The highest BCUT2D eigenvalue weighted by Crippen LogP contribution is 2.13. The number of unbranched alkanes of at least 4 members (excludes halogenated alkanes) is 15. The molecule has 30 heavy (non-hydrogen) atoms. The highest BCUT2D eigenvalue weighted by Gasteiger charge is 2.04. The minimum atomic E-state index is -0.228. The predicted molar refractivity (Wildman–Crippen MR) is 128 cm³/mol. The minimum absolute atomic E-state index is 0.152. The molecular formula is C26H49NO3. The maximum absolute atomic E-state index is 11.6. The van der Waals surface area contributed by atoms with Gasteiger partial charge in [0.2, 0.25) is 5.91 Å². The molecule has 0 radical (unpaired) electrons. The van der Waals surface area contributed by atoms with Crippen LogP contribution in [0.3, 0.4) is 0 Å². The van der Waals surface area contributed by atoms with Crippen LogP contribution in [0.2, 0.25) is 0 Å². The molecule has 176 valence electrons. The Labute approximate surface area is 186 Å². The summed E-state index contributed by atoms with van der Waals surface area (Å²) in [6.45, 7) is 6.84. The van der Waals surface area contributed by atoms with Crippen molar-refractivity contribution in [2.24, 2.45) is 0 Å². The average molecular weight is 424 g/mol. The van der Waals surface area contributed by atoms with Crippen molar-refractivity contribution in [3.8, 4) is 0 Å². The molecule has 4 heteroatoms. The molecule has 0 aromatic heterocycles. The second-order valence-corrected chi connectivity index (χ2v) is 8.79. The Kier molecular flexibility index (Phi) is 21.4. The quantitative estimate of drug-likeness (QED) is 0.120. The third kappa shape index (κ3) is 23.0. The van der Waals surface area contributed by atoms with Crippen LogP contribution in [0.25, 0.3) is 0 Å². The van der Waals surface area contributed by atoms with E-state index in [2.05, 4.69) is 12.2 Å². The van der Waals surface area contributed by atoms with Crippen LogP contribution in [-0.2, 0) is 14.3 Å². The zero-order chi connectivity index (χ0) is 22.3. The van der Waals surface area contributed by atoms with Crippen LogP contribution in [0.1, 0.15) is 130 Å². The largest absolute Gasteiger partial charge is 0.466 e. The summed E-state index contributed by atoms with van der Waals surface area (Å²) in [5, 5.41) is 2.69. The molecule has 0 fully saturated rings. The van der Waals surface area contributed by atoms with E-state index in [4.69, 9.17) is 4.74 Å². The van der Waals surface area contributed by atoms with Crippen molar-refractivity contribution in [3.05, 3.63) is 11.6 Å². The van der Waals surface area contributed by atoms with Crippen LogP contribution in [0.5, 0.6) is 0 Å². The predicted octanol–water partition coefficient (Wildman–Crippen LogP) is 7.26. The van der Waals surface area contributed by atoms with Gasteiger partial charge in [-0.1, -0.05) is 109 Å². The number of allylic oxidation sites excluding steroid dienone is 1. The second-order valence-electron chi connectivity index (χ2n) is 8.79. The van der Waals surface area contributed by atoms with Crippen molar-refractivity contribution in [1.82, 2.24) is 5.32 Å². The molecule has 0 aromatic rings. The van der Waals surface area contributed by atoms with E-state index in [1.165, 1.54) is 96.0 Å². The van der Waals surface area contributed by atoms with Gasteiger partial charge in [0, 0.05) is 12.6 Å². The summed E-state index contributed by atoms with van der Waals surface area (Å²) < 4.78 is 5.22. The molecule has 0 rings (SSSR count). The van der Waals surface area contributed by atoms with Crippen molar-refractivity contribution in [1.29, 1.82) is 0 Å². The topological polar surface area (TPSA) is 55.4 Å². The third-order valence-electron chi connectivity index (χ3n) is 5.31. The lowest BCUT2D eigenvalue weighted by atomic mass is 10.0. The molecule has 0 saturated carbocycles. The van der Waals surface area contributed by atoms with E-state index in [0.29, 0.717) is 13.2 Å². The summed E-state index contributed by atoms with van der Waals surface area (Å²) in [7, 11) is 0. The maximum Gasteiger partial charge on any atom is 0.307 e. The van der Waals surface area contributed by atoms with E-state index in [-0.39, 0.29) is 18.3 Å². The van der Waals surface area contributed by atoms with E-state index in [1.807, 2.05) is 13.8 Å². The average Bonchev–Trinajstić information content (AvgIpc) is 2.69. The third-order valence-corrected chi connectivity index (χ3v) is 5.31. The summed E-state index contributed by atoms with van der Waals surface area (Å²) in [5.41, 5.74) is 0.943. The molecule has 0 atom stereocenters. The van der Waals surface area contributed by atoms with Crippen molar-refractivity contribution in [2.75, 3.05) is 13.2 Å². The number of rotatable bonds is 21. The van der Waals surface area contributed by atoms with Gasteiger partial charge in [0.25, 0.3) is 0 Å². The monoisotopic (exact) mass is 423 g/mol. The van der Waals surface area contributed by atoms with Gasteiger partial charge in [-0.05, 0) is 20.3 Å². The highest BCUT2D eigenvalue weighted by atomic mass is 16.5. The Morgan fingerprint density at radius 3 is 1.57 bits per heavy atom. The first-order valence-electron chi connectivity index (χ1n) is 12.6. The first kappa shape index (κ1) is 28.7. The standard InChI is InChI=1S/C26H49NO3/c1-4-5-6-7-8-9-10-11-12-13-14-15-16-17-18-19-22-30-26(29)20-21-27-25(28)23-24(2)3/h23H,4-22H2,1-3H3,(H,27,28). The Morgan fingerprint density at radius 1 is 0.700 bits per heavy atom. The number of carbonyl (C=O) groups excluding carboxylic acids is 2. The van der Waals surface area contributed by atoms with Gasteiger partial charge in [-0.3, -0.25) is 9.59 Å². The molecular weight excluding hydrogens is 374 g/mol. The van der Waals surface area contributed by atoms with Crippen LogP contribution in [0.4, 0.5) is 0 Å². The number of carbonyl (C=O) groups is 2. The van der Waals surface area contributed by atoms with E-state index in [0.717, 1.165) is 18.4 Å². The van der Waals surface area contributed by atoms with Gasteiger partial charge in [0.1, 0.15) is 0 Å². The second kappa shape index (κ2) is 22.4. The fourth-order valence-corrected chi connectivity index (χ4v) is 3.51. The highest BCUT2D eigenvalue weighted by molar-refractivity contribution is 5.88. The molecule has 0 aliphatic carbocycles. The number of amides is 1. The van der Waals surface area contributed by atoms with Gasteiger partial charge in [-0.2, -0.15) is 0 Å². The number of esters is 1. The summed E-state index contributed by atoms with van der Waals surface area (Å²) in [4.78, 5) is 23.0. The van der Waals surface area contributed by atoms with E-state index >= 15 is 0 Å². The van der Waals surface area contributed by atoms with Gasteiger partial charge < -0.3 is 10.1 Å². The molecule has 0 heterocycles. The molecule has 0 unspecified atom stereocenters. The normalized spacial score (nSPS) is 10.6.